The number of nitrogens with zero attached hydrogens (tertiary/aromatic N) is 1. The van der Waals surface area contributed by atoms with Gasteiger partial charge >= 0.3 is 0 Å². The minimum atomic E-state index is -1.13. The first-order valence-corrected chi connectivity index (χ1v) is 8.47. The molecule has 1 amide bonds. The van der Waals surface area contributed by atoms with Gasteiger partial charge < -0.3 is 19.7 Å². The maximum absolute atomic E-state index is 13.4. The highest BCUT2D eigenvalue weighted by molar-refractivity contribution is 6.33. The Morgan fingerprint density at radius 3 is 2.33 bits per heavy atom. The number of hydrogen-bond donors (Lipinski definition) is 1. The van der Waals surface area contributed by atoms with Crippen LogP contribution >= 0.6 is 11.6 Å². The molecule has 1 N–H and O–H groups in total. The minimum Gasteiger partial charge on any atom is -0.493 e. The highest BCUT2D eigenvalue weighted by Gasteiger charge is 2.20. The van der Waals surface area contributed by atoms with Crippen molar-refractivity contribution in [3.8, 4) is 11.5 Å². The van der Waals surface area contributed by atoms with Gasteiger partial charge in [0.2, 0.25) is 0 Å². The number of ether oxygens (including phenoxy) is 2. The van der Waals surface area contributed by atoms with Gasteiger partial charge in [-0.3, -0.25) is 4.79 Å². The summed E-state index contributed by atoms with van der Waals surface area (Å²) in [5.74, 6) is -1.67. The van der Waals surface area contributed by atoms with Crippen molar-refractivity contribution in [2.45, 2.75) is 6.04 Å². The topological polar surface area (TPSA) is 50.8 Å². The number of carbonyl (C=O) groups is 1. The number of rotatable bonds is 7. The average molecular weight is 399 g/mol. The summed E-state index contributed by atoms with van der Waals surface area (Å²) in [6.07, 6.45) is 0. The molecule has 5 nitrogen and oxygen atoms in total. The fourth-order valence-electron chi connectivity index (χ4n) is 2.64. The van der Waals surface area contributed by atoms with Crippen molar-refractivity contribution in [1.29, 1.82) is 0 Å². The predicted octanol–water partition coefficient (Wildman–Crippen LogP) is 3.67. The van der Waals surface area contributed by atoms with E-state index in [9.17, 15) is 13.6 Å². The molecule has 0 saturated heterocycles. The molecule has 2 aromatic carbocycles. The zero-order valence-electron chi connectivity index (χ0n) is 15.5. The van der Waals surface area contributed by atoms with E-state index < -0.39 is 17.5 Å². The Morgan fingerprint density at radius 2 is 1.74 bits per heavy atom. The Hall–Kier alpha value is -2.38. The molecule has 0 aromatic heterocycles. The molecule has 0 aliphatic heterocycles. The van der Waals surface area contributed by atoms with Crippen molar-refractivity contribution in [3.05, 3.63) is 58.1 Å². The van der Waals surface area contributed by atoms with Gasteiger partial charge in [-0.05, 0) is 43.9 Å². The van der Waals surface area contributed by atoms with Crippen LogP contribution in [-0.4, -0.2) is 45.7 Å². The number of halogens is 3. The zero-order valence-corrected chi connectivity index (χ0v) is 16.2. The molecule has 0 saturated carbocycles. The first-order valence-electron chi connectivity index (χ1n) is 8.09. The number of carbonyl (C=O) groups excluding carboxylic acids is 1. The number of methoxy groups -OCH3 is 2. The molecule has 0 heterocycles. The number of amides is 1. The Bertz CT molecular complexity index is 831. The van der Waals surface area contributed by atoms with E-state index in [2.05, 4.69) is 5.32 Å². The molecule has 0 fully saturated rings. The van der Waals surface area contributed by atoms with Crippen LogP contribution in [0.4, 0.5) is 8.78 Å². The third-order valence-corrected chi connectivity index (χ3v) is 4.44. The standard InChI is InChI=1S/C19H21ClF2N2O3/c1-24(2)16(11-5-6-17(26-3)18(7-11)27-4)10-23-19(25)12-8-14(21)15(22)9-13(12)20/h5-9,16H,10H2,1-4H3,(H,23,25)/t16-/m0/s1. The Morgan fingerprint density at radius 1 is 1.11 bits per heavy atom. The summed E-state index contributed by atoms with van der Waals surface area (Å²) < 4.78 is 37.1. The summed E-state index contributed by atoms with van der Waals surface area (Å²) in [6, 6.07) is 6.83. The quantitative estimate of drug-likeness (QED) is 0.723. The molecule has 0 aliphatic rings. The van der Waals surface area contributed by atoms with E-state index >= 15 is 0 Å². The van der Waals surface area contributed by atoms with Gasteiger partial charge in [-0.25, -0.2) is 8.78 Å². The number of nitrogens with one attached hydrogen (secondary N) is 1. The summed E-state index contributed by atoms with van der Waals surface area (Å²) in [5, 5.41) is 2.55. The van der Waals surface area contributed by atoms with Gasteiger partial charge in [0, 0.05) is 6.54 Å². The van der Waals surface area contributed by atoms with Crippen LogP contribution < -0.4 is 14.8 Å². The zero-order chi connectivity index (χ0) is 20.1. The molecule has 0 aliphatic carbocycles. The number of hydrogen-bond acceptors (Lipinski definition) is 4. The largest absolute Gasteiger partial charge is 0.493 e. The van der Waals surface area contributed by atoms with Gasteiger partial charge in [-0.15, -0.1) is 0 Å². The molecular formula is C19H21ClF2N2O3. The first-order chi connectivity index (χ1) is 12.8. The van der Waals surface area contributed by atoms with Crippen molar-refractivity contribution in [3.63, 3.8) is 0 Å². The van der Waals surface area contributed by atoms with E-state index in [1.54, 1.807) is 20.3 Å². The predicted molar refractivity (Wildman–Crippen MR) is 99.7 cm³/mol. The van der Waals surface area contributed by atoms with Gasteiger partial charge in [0.15, 0.2) is 23.1 Å². The lowest BCUT2D eigenvalue weighted by atomic mass is 10.0. The van der Waals surface area contributed by atoms with Crippen molar-refractivity contribution >= 4 is 17.5 Å². The summed E-state index contributed by atoms with van der Waals surface area (Å²) >= 11 is 5.86. The van der Waals surface area contributed by atoms with Crippen molar-refractivity contribution in [2.24, 2.45) is 0 Å². The van der Waals surface area contributed by atoms with Crippen LogP contribution in [0.25, 0.3) is 0 Å². The summed E-state index contributed by atoms with van der Waals surface area (Å²) in [6.45, 7) is 0.219. The minimum absolute atomic E-state index is 0.125. The maximum Gasteiger partial charge on any atom is 0.252 e. The summed E-state index contributed by atoms with van der Waals surface area (Å²) in [5.41, 5.74) is 0.759. The van der Waals surface area contributed by atoms with Crippen LogP contribution in [0.1, 0.15) is 22.0 Å². The molecular weight excluding hydrogens is 378 g/mol. The van der Waals surface area contributed by atoms with Crippen LogP contribution in [-0.2, 0) is 0 Å². The van der Waals surface area contributed by atoms with E-state index in [0.29, 0.717) is 11.5 Å². The third-order valence-electron chi connectivity index (χ3n) is 4.13. The Labute approximate surface area is 161 Å². The summed E-state index contributed by atoms with van der Waals surface area (Å²) in [7, 11) is 6.81. The van der Waals surface area contributed by atoms with Gasteiger partial charge in [-0.2, -0.15) is 0 Å². The Kier molecular flexibility index (Phi) is 6.98. The molecule has 27 heavy (non-hydrogen) atoms. The maximum atomic E-state index is 13.4. The lowest BCUT2D eigenvalue weighted by Crippen LogP contribution is -2.34. The molecule has 146 valence electrons. The number of benzene rings is 2. The van der Waals surface area contributed by atoms with Crippen LogP contribution in [0.3, 0.4) is 0 Å². The second kappa shape index (κ2) is 9.01. The molecule has 1 atom stereocenters. The van der Waals surface area contributed by atoms with Gasteiger partial charge in [0.1, 0.15) is 0 Å². The molecule has 8 heteroatoms. The smallest absolute Gasteiger partial charge is 0.252 e. The molecule has 2 rings (SSSR count). The molecule has 0 bridgehead atoms. The first kappa shape index (κ1) is 20.9. The van der Waals surface area contributed by atoms with E-state index in [1.807, 2.05) is 31.1 Å². The normalized spacial score (nSPS) is 12.0. The SMILES string of the molecule is COc1ccc([C@H](CNC(=O)c2cc(F)c(F)cc2Cl)N(C)C)cc1OC. The molecule has 0 spiro atoms. The highest BCUT2D eigenvalue weighted by atomic mass is 35.5. The van der Waals surface area contributed by atoms with E-state index in [4.69, 9.17) is 21.1 Å². The molecule has 0 radical (unpaired) electrons. The molecule has 0 unspecified atom stereocenters. The Balaban J connectivity index is 2.20. The van der Waals surface area contributed by atoms with Crippen LogP contribution in [0.15, 0.2) is 30.3 Å². The van der Waals surface area contributed by atoms with E-state index in [0.717, 1.165) is 17.7 Å². The van der Waals surface area contributed by atoms with Crippen LogP contribution in [0.5, 0.6) is 11.5 Å². The van der Waals surface area contributed by atoms with Gasteiger partial charge in [0.05, 0.1) is 30.8 Å². The third kappa shape index (κ3) is 4.87. The lowest BCUT2D eigenvalue weighted by molar-refractivity contribution is 0.0941. The fraction of sp³-hybridized carbons (Fsp3) is 0.316. The van der Waals surface area contributed by atoms with Crippen molar-refractivity contribution in [1.82, 2.24) is 10.2 Å². The van der Waals surface area contributed by atoms with E-state index in [-0.39, 0.29) is 23.2 Å². The second-order valence-corrected chi connectivity index (χ2v) is 6.46. The molecule has 2 aromatic rings. The monoisotopic (exact) mass is 398 g/mol. The number of likely N-dealkylation sites (N-methyl/N-ethyl adjacent to an activating group) is 1. The van der Waals surface area contributed by atoms with Crippen molar-refractivity contribution in [2.75, 3.05) is 34.9 Å². The van der Waals surface area contributed by atoms with Crippen molar-refractivity contribution < 1.29 is 23.0 Å². The van der Waals surface area contributed by atoms with Crippen LogP contribution in [0.2, 0.25) is 5.02 Å². The highest BCUT2D eigenvalue weighted by Crippen LogP contribution is 2.31. The van der Waals surface area contributed by atoms with Gasteiger partial charge in [0.25, 0.3) is 5.91 Å². The average Bonchev–Trinajstić information content (AvgIpc) is 2.64. The lowest BCUT2D eigenvalue weighted by Gasteiger charge is -2.26. The second-order valence-electron chi connectivity index (χ2n) is 6.05. The summed E-state index contributed by atoms with van der Waals surface area (Å²) in [4.78, 5) is 14.3. The van der Waals surface area contributed by atoms with Crippen LogP contribution in [0, 0.1) is 11.6 Å². The fourth-order valence-corrected chi connectivity index (χ4v) is 2.88. The van der Waals surface area contributed by atoms with Gasteiger partial charge in [-0.1, -0.05) is 17.7 Å². The van der Waals surface area contributed by atoms with E-state index in [1.165, 1.54) is 0 Å².